The van der Waals surface area contributed by atoms with Crippen LogP contribution in [0.5, 0.6) is 0 Å². The molecule has 0 aliphatic rings. The predicted octanol–water partition coefficient (Wildman–Crippen LogP) is -1.02. The fourth-order valence-electron chi connectivity index (χ4n) is 0.368. The average molecular weight is 201 g/mol. The van der Waals surface area contributed by atoms with Gasteiger partial charge in [-0.1, -0.05) is 0 Å². The molecule has 3 N–H and O–H groups in total. The first-order chi connectivity index (χ1) is 4.98. The molecule has 0 heterocycles. The Balaban J connectivity index is 3.63. The van der Waals surface area contributed by atoms with Crippen LogP contribution in [-0.4, -0.2) is 26.1 Å². The van der Waals surface area contributed by atoms with Crippen molar-refractivity contribution in [2.24, 2.45) is 5.73 Å². The Hall–Kier alpha value is -0.330. The topological polar surface area (TPSA) is 89.3 Å². The van der Waals surface area contributed by atoms with E-state index in [4.69, 9.17) is 17.3 Å². The summed E-state index contributed by atoms with van der Waals surface area (Å²) in [6.45, 7) is 0.00435. The highest BCUT2D eigenvalue weighted by Gasteiger charge is 2.06. The summed E-state index contributed by atoms with van der Waals surface area (Å²) in [5.74, 6) is -0.553. The Morgan fingerprint density at radius 3 is 2.45 bits per heavy atom. The van der Waals surface area contributed by atoms with Crippen LogP contribution in [0.25, 0.3) is 0 Å². The Morgan fingerprint density at radius 2 is 2.09 bits per heavy atom. The van der Waals surface area contributed by atoms with Crippen molar-refractivity contribution in [1.82, 2.24) is 4.72 Å². The minimum Gasteiger partial charge on any atom is -0.370 e. The molecule has 11 heavy (non-hydrogen) atoms. The van der Waals surface area contributed by atoms with Gasteiger partial charge in [0.15, 0.2) is 0 Å². The van der Waals surface area contributed by atoms with E-state index < -0.39 is 21.1 Å². The summed E-state index contributed by atoms with van der Waals surface area (Å²) in [6.07, 6.45) is -0.0177. The molecule has 0 saturated carbocycles. The molecule has 7 heteroatoms. The summed E-state index contributed by atoms with van der Waals surface area (Å²) in [7, 11) is -3.41. The van der Waals surface area contributed by atoms with E-state index >= 15 is 0 Å². The Kier molecular flexibility index (Phi) is 4.39. The maximum atomic E-state index is 10.6. The van der Waals surface area contributed by atoms with Gasteiger partial charge in [-0.25, -0.2) is 13.1 Å². The molecule has 0 saturated heterocycles. The van der Waals surface area contributed by atoms with Gasteiger partial charge in [-0.05, 0) is 0 Å². The molecular weight excluding hydrogens is 192 g/mol. The molecular formula is C4H9ClN2O3S. The molecule has 1 amide bonds. The number of alkyl halides is 1. The first-order valence-corrected chi connectivity index (χ1v) is 4.98. The number of hydrogen-bond acceptors (Lipinski definition) is 3. The molecule has 0 aliphatic carbocycles. The van der Waals surface area contributed by atoms with Crippen molar-refractivity contribution in [2.75, 3.05) is 11.8 Å². The Bertz CT molecular complexity index is 225. The molecule has 5 nitrogen and oxygen atoms in total. The number of halogens is 1. The molecule has 0 fully saturated rings. The van der Waals surface area contributed by atoms with Gasteiger partial charge in [-0.2, -0.15) is 0 Å². The van der Waals surface area contributed by atoms with Crippen LogP contribution in [0.15, 0.2) is 0 Å². The minimum absolute atomic E-state index is 0.00435. The van der Waals surface area contributed by atoms with Gasteiger partial charge in [0.25, 0.3) is 0 Å². The molecule has 0 unspecified atom stereocenters. The monoisotopic (exact) mass is 200 g/mol. The Morgan fingerprint density at radius 1 is 1.55 bits per heavy atom. The minimum atomic E-state index is -3.41. The van der Waals surface area contributed by atoms with Crippen LogP contribution in [0.4, 0.5) is 0 Å². The van der Waals surface area contributed by atoms with Crippen molar-refractivity contribution in [2.45, 2.75) is 6.42 Å². The third kappa shape index (κ3) is 6.08. The van der Waals surface area contributed by atoms with Crippen LogP contribution in [0.1, 0.15) is 6.42 Å². The zero-order valence-corrected chi connectivity index (χ0v) is 7.28. The zero-order chi connectivity index (χ0) is 8.91. The molecule has 0 aromatic carbocycles. The van der Waals surface area contributed by atoms with Gasteiger partial charge in [0, 0.05) is 13.0 Å². The molecule has 0 rings (SSSR count). The van der Waals surface area contributed by atoms with Crippen LogP contribution < -0.4 is 10.5 Å². The highest BCUT2D eigenvalue weighted by atomic mass is 35.5. The second kappa shape index (κ2) is 4.53. The van der Waals surface area contributed by atoms with Crippen molar-refractivity contribution < 1.29 is 13.2 Å². The van der Waals surface area contributed by atoms with Crippen molar-refractivity contribution in [3.8, 4) is 0 Å². The van der Waals surface area contributed by atoms with E-state index in [-0.39, 0.29) is 13.0 Å². The van der Waals surface area contributed by atoms with Crippen LogP contribution in [0, 0.1) is 0 Å². The van der Waals surface area contributed by atoms with Gasteiger partial charge in [0.1, 0.15) is 5.21 Å². The highest BCUT2D eigenvalue weighted by molar-refractivity contribution is 7.90. The number of carbonyl (C=O) groups is 1. The summed E-state index contributed by atoms with van der Waals surface area (Å²) in [6, 6.07) is 0. The Labute approximate surface area is 69.9 Å². The standard InChI is InChI=1S/C4H9ClN2O3S/c5-3-11(9,10)7-2-1-4(6)8/h7H,1-3H2,(H2,6,8). The SMILES string of the molecule is NC(=O)CCNS(=O)(=O)CCl. The van der Waals surface area contributed by atoms with Gasteiger partial charge in [0.05, 0.1) is 0 Å². The van der Waals surface area contributed by atoms with Gasteiger partial charge in [-0.3, -0.25) is 4.79 Å². The van der Waals surface area contributed by atoms with E-state index in [9.17, 15) is 13.2 Å². The fraction of sp³-hybridized carbons (Fsp3) is 0.750. The van der Waals surface area contributed by atoms with E-state index in [1.165, 1.54) is 0 Å². The lowest BCUT2D eigenvalue weighted by molar-refractivity contribution is -0.117. The van der Waals surface area contributed by atoms with Gasteiger partial charge in [-0.15, -0.1) is 11.6 Å². The summed E-state index contributed by atoms with van der Waals surface area (Å²) in [5.41, 5.74) is 4.76. The lowest BCUT2D eigenvalue weighted by Crippen LogP contribution is -2.28. The normalized spacial score (nSPS) is 11.4. The molecule has 0 aliphatic heterocycles. The number of primary amides is 1. The second-order valence-electron chi connectivity index (χ2n) is 1.83. The summed E-state index contributed by atoms with van der Waals surface area (Å²) in [5, 5.41) is -0.508. The summed E-state index contributed by atoms with van der Waals surface area (Å²) < 4.78 is 23.3. The first kappa shape index (κ1) is 10.7. The van der Waals surface area contributed by atoms with E-state index in [1.54, 1.807) is 0 Å². The van der Waals surface area contributed by atoms with E-state index in [0.717, 1.165) is 0 Å². The van der Waals surface area contributed by atoms with Crippen LogP contribution in [0.2, 0.25) is 0 Å². The van der Waals surface area contributed by atoms with Crippen molar-refractivity contribution >= 4 is 27.5 Å². The number of rotatable bonds is 5. The second-order valence-corrected chi connectivity index (χ2v) is 4.23. The predicted molar refractivity (Wildman–Crippen MR) is 41.5 cm³/mol. The van der Waals surface area contributed by atoms with Crippen molar-refractivity contribution in [3.63, 3.8) is 0 Å². The van der Waals surface area contributed by atoms with Gasteiger partial charge < -0.3 is 5.73 Å². The van der Waals surface area contributed by atoms with E-state index in [1.807, 2.05) is 0 Å². The molecule has 66 valence electrons. The average Bonchev–Trinajstić information content (AvgIpc) is 1.87. The number of nitrogens with two attached hydrogens (primary N) is 1. The molecule has 0 radical (unpaired) electrons. The van der Waals surface area contributed by atoms with E-state index in [2.05, 4.69) is 4.72 Å². The van der Waals surface area contributed by atoms with Crippen molar-refractivity contribution in [3.05, 3.63) is 0 Å². The number of amides is 1. The summed E-state index contributed by atoms with van der Waals surface area (Å²) >= 11 is 5.04. The molecule has 0 aromatic rings. The van der Waals surface area contributed by atoms with Crippen molar-refractivity contribution in [1.29, 1.82) is 0 Å². The molecule has 0 aromatic heterocycles. The largest absolute Gasteiger partial charge is 0.370 e. The van der Waals surface area contributed by atoms with E-state index in [0.29, 0.717) is 0 Å². The fourth-order valence-corrected chi connectivity index (χ4v) is 1.09. The molecule has 0 spiro atoms. The summed E-state index contributed by atoms with van der Waals surface area (Å²) in [4.78, 5) is 10.1. The maximum Gasteiger partial charge on any atom is 0.225 e. The first-order valence-electron chi connectivity index (χ1n) is 2.79. The zero-order valence-electron chi connectivity index (χ0n) is 5.71. The quantitative estimate of drug-likeness (QED) is 0.557. The number of carbonyl (C=O) groups excluding carboxylic acids is 1. The lowest BCUT2D eigenvalue weighted by Gasteiger charge is -1.99. The van der Waals surface area contributed by atoms with Gasteiger partial charge in [0.2, 0.25) is 15.9 Å². The number of nitrogens with one attached hydrogen (secondary N) is 1. The molecule has 0 atom stereocenters. The number of sulfonamides is 1. The smallest absolute Gasteiger partial charge is 0.225 e. The third-order valence-electron chi connectivity index (χ3n) is 0.837. The van der Waals surface area contributed by atoms with Crippen LogP contribution in [0.3, 0.4) is 0 Å². The van der Waals surface area contributed by atoms with Crippen LogP contribution >= 0.6 is 11.6 Å². The highest BCUT2D eigenvalue weighted by Crippen LogP contribution is 1.87. The number of hydrogen-bond donors (Lipinski definition) is 2. The maximum absolute atomic E-state index is 10.6. The molecule has 0 bridgehead atoms. The van der Waals surface area contributed by atoms with Crippen LogP contribution in [-0.2, 0) is 14.8 Å². The van der Waals surface area contributed by atoms with Gasteiger partial charge >= 0.3 is 0 Å². The third-order valence-corrected chi connectivity index (χ3v) is 2.63. The lowest BCUT2D eigenvalue weighted by atomic mass is 10.4.